The van der Waals surface area contributed by atoms with Crippen LogP contribution in [0.5, 0.6) is 0 Å². The summed E-state index contributed by atoms with van der Waals surface area (Å²) in [6.07, 6.45) is -0.472. The van der Waals surface area contributed by atoms with Gasteiger partial charge in [-0.05, 0) is 17.7 Å². The minimum atomic E-state index is -0.472. The molecular weight excluding hydrogens is 246 g/mol. The predicted octanol–water partition coefficient (Wildman–Crippen LogP) is 3.71. The highest BCUT2D eigenvalue weighted by Gasteiger charge is 2.25. The maximum Gasteiger partial charge on any atom is 0.0833 e. The van der Waals surface area contributed by atoms with Gasteiger partial charge < -0.3 is 10.4 Å². The Bertz CT molecular complexity index is 497. The largest absolute Gasteiger partial charge is 0.388 e. The van der Waals surface area contributed by atoms with Gasteiger partial charge in [-0.3, -0.25) is 0 Å². The quantitative estimate of drug-likeness (QED) is 0.838. The minimum Gasteiger partial charge on any atom is -0.388 e. The second-order valence-corrected chi connectivity index (χ2v) is 5.16. The predicted molar refractivity (Wildman–Crippen MR) is 83.4 cm³/mol. The first-order valence-electron chi connectivity index (χ1n) is 7.25. The van der Waals surface area contributed by atoms with E-state index in [1.807, 2.05) is 48.5 Å². The van der Waals surface area contributed by atoms with E-state index in [0.29, 0.717) is 0 Å². The van der Waals surface area contributed by atoms with Crippen molar-refractivity contribution in [3.8, 4) is 0 Å². The molecular formula is C18H23NO. The van der Waals surface area contributed by atoms with E-state index in [4.69, 9.17) is 0 Å². The van der Waals surface area contributed by atoms with Crippen LogP contribution in [0.15, 0.2) is 60.7 Å². The molecule has 0 radical (unpaired) electrons. The molecule has 2 heteroatoms. The van der Waals surface area contributed by atoms with Gasteiger partial charge in [0.1, 0.15) is 0 Å². The molecule has 2 nitrogen and oxygen atoms in total. The van der Waals surface area contributed by atoms with Gasteiger partial charge in [0.2, 0.25) is 0 Å². The minimum absolute atomic E-state index is 0.0970. The van der Waals surface area contributed by atoms with Gasteiger partial charge in [-0.25, -0.2) is 0 Å². The number of benzene rings is 2. The van der Waals surface area contributed by atoms with Gasteiger partial charge in [-0.1, -0.05) is 74.5 Å². The van der Waals surface area contributed by atoms with Crippen molar-refractivity contribution in [2.75, 3.05) is 6.54 Å². The summed E-state index contributed by atoms with van der Waals surface area (Å²) in [7, 11) is 0. The van der Waals surface area contributed by atoms with E-state index in [-0.39, 0.29) is 12.0 Å². The summed E-state index contributed by atoms with van der Waals surface area (Å²) in [4.78, 5) is 0. The van der Waals surface area contributed by atoms with E-state index < -0.39 is 6.10 Å². The van der Waals surface area contributed by atoms with Crippen molar-refractivity contribution in [1.29, 1.82) is 0 Å². The average molecular weight is 269 g/mol. The number of rotatable bonds is 6. The summed E-state index contributed by atoms with van der Waals surface area (Å²) in [5.41, 5.74) is 2.19. The van der Waals surface area contributed by atoms with Gasteiger partial charge in [0.05, 0.1) is 6.10 Å². The van der Waals surface area contributed by atoms with E-state index in [1.165, 1.54) is 5.56 Å². The lowest BCUT2D eigenvalue weighted by Crippen LogP contribution is -2.30. The molecule has 0 aliphatic carbocycles. The van der Waals surface area contributed by atoms with E-state index in [9.17, 15) is 5.11 Å². The third-order valence-corrected chi connectivity index (χ3v) is 3.75. The van der Waals surface area contributed by atoms with Crippen LogP contribution < -0.4 is 5.32 Å². The van der Waals surface area contributed by atoms with Crippen LogP contribution in [0.1, 0.15) is 37.1 Å². The van der Waals surface area contributed by atoms with Gasteiger partial charge >= 0.3 is 0 Å². The van der Waals surface area contributed by atoms with E-state index in [2.05, 4.69) is 31.3 Å². The van der Waals surface area contributed by atoms with Crippen molar-refractivity contribution < 1.29 is 5.11 Å². The SMILES string of the molecule is CCN[C@H](c1ccccc1)[C@@H](C)[C@@H](O)c1ccccc1. The first-order valence-corrected chi connectivity index (χ1v) is 7.25. The smallest absolute Gasteiger partial charge is 0.0833 e. The molecule has 2 N–H and O–H groups in total. The van der Waals surface area contributed by atoms with Crippen molar-refractivity contribution in [3.63, 3.8) is 0 Å². The number of hydrogen-bond donors (Lipinski definition) is 2. The van der Waals surface area contributed by atoms with Gasteiger partial charge in [-0.15, -0.1) is 0 Å². The van der Waals surface area contributed by atoms with Crippen molar-refractivity contribution in [2.24, 2.45) is 5.92 Å². The third-order valence-electron chi connectivity index (χ3n) is 3.75. The zero-order valence-corrected chi connectivity index (χ0v) is 12.2. The molecule has 106 valence electrons. The average Bonchev–Trinajstić information content (AvgIpc) is 2.53. The Hall–Kier alpha value is -1.64. The van der Waals surface area contributed by atoms with Gasteiger partial charge in [0.15, 0.2) is 0 Å². The lowest BCUT2D eigenvalue weighted by molar-refractivity contribution is 0.0941. The molecule has 2 aromatic rings. The van der Waals surface area contributed by atoms with Crippen LogP contribution in [0.3, 0.4) is 0 Å². The normalized spacial score (nSPS) is 15.6. The second-order valence-electron chi connectivity index (χ2n) is 5.16. The monoisotopic (exact) mass is 269 g/mol. The highest BCUT2D eigenvalue weighted by molar-refractivity contribution is 5.23. The number of aliphatic hydroxyl groups excluding tert-OH is 1. The summed E-state index contributed by atoms with van der Waals surface area (Å²) < 4.78 is 0. The number of hydrogen-bond acceptors (Lipinski definition) is 2. The van der Waals surface area contributed by atoms with E-state index in [1.54, 1.807) is 0 Å². The third kappa shape index (κ3) is 3.47. The molecule has 0 saturated carbocycles. The molecule has 2 aromatic carbocycles. The highest BCUT2D eigenvalue weighted by Crippen LogP contribution is 2.32. The molecule has 0 heterocycles. The molecule has 0 spiro atoms. The molecule has 0 bridgehead atoms. The second kappa shape index (κ2) is 7.22. The fourth-order valence-corrected chi connectivity index (χ4v) is 2.62. The van der Waals surface area contributed by atoms with Gasteiger partial charge in [0.25, 0.3) is 0 Å². The molecule has 0 unspecified atom stereocenters. The van der Waals surface area contributed by atoms with Crippen molar-refractivity contribution in [1.82, 2.24) is 5.32 Å². The molecule has 2 rings (SSSR count). The molecule has 20 heavy (non-hydrogen) atoms. The molecule has 0 fully saturated rings. The standard InChI is InChI=1S/C18H23NO/c1-3-19-17(15-10-6-4-7-11-15)14(2)18(20)16-12-8-5-9-13-16/h4-14,17-20H,3H2,1-2H3/t14-,17+,18-/m1/s1. The van der Waals surface area contributed by atoms with E-state index >= 15 is 0 Å². The fraction of sp³-hybridized carbons (Fsp3) is 0.333. The maximum absolute atomic E-state index is 10.6. The zero-order valence-electron chi connectivity index (χ0n) is 12.2. The van der Waals surface area contributed by atoms with Gasteiger partial charge in [0, 0.05) is 12.0 Å². The lowest BCUT2D eigenvalue weighted by atomic mass is 9.87. The Kier molecular flexibility index (Phi) is 5.33. The summed E-state index contributed by atoms with van der Waals surface area (Å²) >= 11 is 0. The van der Waals surface area contributed by atoms with E-state index in [0.717, 1.165) is 12.1 Å². The Morgan fingerprint density at radius 1 is 0.900 bits per heavy atom. The van der Waals surface area contributed by atoms with Crippen LogP contribution >= 0.6 is 0 Å². The Balaban J connectivity index is 2.21. The number of nitrogens with one attached hydrogen (secondary N) is 1. The highest BCUT2D eigenvalue weighted by atomic mass is 16.3. The molecule has 0 saturated heterocycles. The summed E-state index contributed by atoms with van der Waals surface area (Å²) in [6, 6.07) is 20.4. The lowest BCUT2D eigenvalue weighted by Gasteiger charge is -2.29. The molecule has 0 aromatic heterocycles. The van der Waals surface area contributed by atoms with Crippen molar-refractivity contribution in [2.45, 2.75) is 26.0 Å². The Morgan fingerprint density at radius 3 is 1.90 bits per heavy atom. The first-order chi connectivity index (χ1) is 9.74. The van der Waals surface area contributed by atoms with Crippen molar-refractivity contribution in [3.05, 3.63) is 71.8 Å². The fourth-order valence-electron chi connectivity index (χ4n) is 2.62. The van der Waals surface area contributed by atoms with Gasteiger partial charge in [-0.2, -0.15) is 0 Å². The molecule has 0 aliphatic heterocycles. The first kappa shape index (κ1) is 14.8. The maximum atomic E-state index is 10.6. The summed E-state index contributed by atoms with van der Waals surface area (Å²) in [5, 5.41) is 14.1. The zero-order chi connectivity index (χ0) is 14.4. The van der Waals surface area contributed by atoms with Crippen LogP contribution in [-0.2, 0) is 0 Å². The molecule has 0 aliphatic rings. The van der Waals surface area contributed by atoms with Crippen LogP contribution in [0.2, 0.25) is 0 Å². The van der Waals surface area contributed by atoms with Crippen LogP contribution in [-0.4, -0.2) is 11.7 Å². The van der Waals surface area contributed by atoms with Crippen LogP contribution in [0, 0.1) is 5.92 Å². The summed E-state index contributed by atoms with van der Waals surface area (Å²) in [5.74, 6) is 0.0970. The number of aliphatic hydroxyl groups is 1. The van der Waals surface area contributed by atoms with Crippen LogP contribution in [0.4, 0.5) is 0 Å². The molecule has 0 amide bonds. The Morgan fingerprint density at radius 2 is 1.40 bits per heavy atom. The molecule has 3 atom stereocenters. The Labute approximate surface area is 121 Å². The van der Waals surface area contributed by atoms with Crippen LogP contribution in [0.25, 0.3) is 0 Å². The summed E-state index contributed by atoms with van der Waals surface area (Å²) in [6.45, 7) is 5.07. The topological polar surface area (TPSA) is 32.3 Å². The van der Waals surface area contributed by atoms with Crippen molar-refractivity contribution >= 4 is 0 Å².